The molecule has 2 heterocycles. The van der Waals surface area contributed by atoms with Crippen molar-refractivity contribution in [2.24, 2.45) is 7.05 Å². The van der Waals surface area contributed by atoms with Gasteiger partial charge in [0.15, 0.2) is 5.82 Å². The summed E-state index contributed by atoms with van der Waals surface area (Å²) in [4.78, 5) is 4.20. The first-order chi connectivity index (χ1) is 6.24. The molecule has 13 heavy (non-hydrogen) atoms. The molecule has 0 fully saturated rings. The van der Waals surface area contributed by atoms with E-state index in [1.54, 1.807) is 4.68 Å². The van der Waals surface area contributed by atoms with Crippen LogP contribution < -0.4 is 0 Å². The average molecular weight is 177 g/mol. The van der Waals surface area contributed by atoms with Gasteiger partial charge in [0.05, 0.1) is 12.1 Å². The number of nitrogens with zero attached hydrogens (tertiary/aromatic N) is 4. The van der Waals surface area contributed by atoms with Gasteiger partial charge >= 0.3 is 0 Å². The highest BCUT2D eigenvalue weighted by Gasteiger charge is 2.03. The number of hydrogen-bond donors (Lipinski definition) is 1. The maximum atomic E-state index is 4.24. The molecule has 5 heteroatoms. The van der Waals surface area contributed by atoms with Crippen LogP contribution in [0.3, 0.4) is 0 Å². The monoisotopic (exact) mass is 177 g/mol. The minimum absolute atomic E-state index is 0.686. The van der Waals surface area contributed by atoms with Crippen LogP contribution in [0.15, 0.2) is 12.3 Å². The lowest BCUT2D eigenvalue weighted by Gasteiger charge is -1.88. The molecule has 0 aromatic carbocycles. The highest BCUT2D eigenvalue weighted by Crippen LogP contribution is 2.01. The zero-order chi connectivity index (χ0) is 9.26. The minimum Gasteiger partial charge on any atom is -0.276 e. The highest BCUT2D eigenvalue weighted by atomic mass is 15.3. The van der Waals surface area contributed by atoms with E-state index in [0.29, 0.717) is 6.42 Å². The first kappa shape index (κ1) is 7.97. The number of nitrogens with one attached hydrogen (secondary N) is 1. The van der Waals surface area contributed by atoms with Gasteiger partial charge in [-0.2, -0.15) is 10.2 Å². The van der Waals surface area contributed by atoms with Crippen LogP contribution in [-0.4, -0.2) is 25.0 Å². The molecule has 2 aromatic rings. The largest absolute Gasteiger partial charge is 0.276 e. The molecule has 68 valence electrons. The molecule has 0 radical (unpaired) electrons. The number of aromatic amines is 1. The predicted octanol–water partition coefficient (Wildman–Crippen LogP) is 0.437. The molecule has 0 saturated carbocycles. The maximum absolute atomic E-state index is 4.24. The number of aromatic nitrogens is 5. The molecule has 0 atom stereocenters. The van der Waals surface area contributed by atoms with Crippen LogP contribution in [0.4, 0.5) is 0 Å². The average Bonchev–Trinajstić information content (AvgIpc) is 2.62. The molecule has 0 aliphatic rings. The normalized spacial score (nSPS) is 10.6. The van der Waals surface area contributed by atoms with Crippen molar-refractivity contribution in [2.75, 3.05) is 0 Å². The SMILES string of the molecule is Cc1nc(Cc2ccn(C)n2)n[nH]1. The van der Waals surface area contributed by atoms with Crippen molar-refractivity contribution in [1.29, 1.82) is 0 Å². The molecule has 0 saturated heterocycles. The van der Waals surface area contributed by atoms with Gasteiger partial charge in [-0.15, -0.1) is 0 Å². The van der Waals surface area contributed by atoms with E-state index >= 15 is 0 Å². The fraction of sp³-hybridized carbons (Fsp3) is 0.375. The third kappa shape index (κ3) is 1.74. The molecule has 0 bridgehead atoms. The van der Waals surface area contributed by atoms with Crippen molar-refractivity contribution in [3.05, 3.63) is 29.6 Å². The van der Waals surface area contributed by atoms with Gasteiger partial charge in [-0.1, -0.05) is 0 Å². The van der Waals surface area contributed by atoms with Crippen molar-refractivity contribution < 1.29 is 0 Å². The second-order valence-corrected chi connectivity index (χ2v) is 2.99. The summed E-state index contributed by atoms with van der Waals surface area (Å²) >= 11 is 0. The van der Waals surface area contributed by atoms with E-state index in [-0.39, 0.29) is 0 Å². The molecule has 2 rings (SSSR count). The van der Waals surface area contributed by atoms with Crippen LogP contribution in [-0.2, 0) is 13.5 Å². The van der Waals surface area contributed by atoms with E-state index in [0.717, 1.165) is 17.3 Å². The Morgan fingerprint density at radius 3 is 2.92 bits per heavy atom. The molecular weight excluding hydrogens is 166 g/mol. The molecule has 1 N–H and O–H groups in total. The van der Waals surface area contributed by atoms with E-state index in [1.165, 1.54) is 0 Å². The van der Waals surface area contributed by atoms with Crippen LogP contribution in [0.25, 0.3) is 0 Å². The Balaban J connectivity index is 2.14. The predicted molar refractivity (Wildman–Crippen MR) is 47.1 cm³/mol. The molecule has 0 amide bonds. The van der Waals surface area contributed by atoms with Gasteiger partial charge < -0.3 is 0 Å². The number of rotatable bonds is 2. The van der Waals surface area contributed by atoms with E-state index in [2.05, 4.69) is 20.3 Å². The lowest BCUT2D eigenvalue weighted by atomic mass is 10.3. The molecule has 5 nitrogen and oxygen atoms in total. The van der Waals surface area contributed by atoms with Crippen molar-refractivity contribution >= 4 is 0 Å². The third-order valence-corrected chi connectivity index (χ3v) is 1.75. The Labute approximate surface area is 75.8 Å². The summed E-state index contributed by atoms with van der Waals surface area (Å²) in [6.07, 6.45) is 2.60. The fourth-order valence-electron chi connectivity index (χ4n) is 1.19. The summed E-state index contributed by atoms with van der Waals surface area (Å²) in [5.74, 6) is 1.63. The maximum Gasteiger partial charge on any atom is 0.156 e. The Kier molecular flexibility index (Phi) is 1.84. The van der Waals surface area contributed by atoms with Crippen LogP contribution in [0.1, 0.15) is 17.3 Å². The topological polar surface area (TPSA) is 59.4 Å². The van der Waals surface area contributed by atoms with Gasteiger partial charge in [0.2, 0.25) is 0 Å². The van der Waals surface area contributed by atoms with Gasteiger partial charge in [-0.25, -0.2) is 4.98 Å². The lowest BCUT2D eigenvalue weighted by molar-refractivity contribution is 0.744. The van der Waals surface area contributed by atoms with E-state index in [9.17, 15) is 0 Å². The summed E-state index contributed by atoms with van der Waals surface area (Å²) in [6, 6.07) is 1.96. The molecule has 0 aliphatic carbocycles. The summed E-state index contributed by atoms with van der Waals surface area (Å²) in [5, 5.41) is 11.1. The molecule has 0 unspecified atom stereocenters. The Morgan fingerprint density at radius 1 is 1.54 bits per heavy atom. The van der Waals surface area contributed by atoms with Crippen LogP contribution >= 0.6 is 0 Å². The second-order valence-electron chi connectivity index (χ2n) is 2.99. The van der Waals surface area contributed by atoms with Crippen LogP contribution in [0.2, 0.25) is 0 Å². The third-order valence-electron chi connectivity index (χ3n) is 1.75. The van der Waals surface area contributed by atoms with E-state index < -0.39 is 0 Å². The Morgan fingerprint density at radius 2 is 2.38 bits per heavy atom. The number of aryl methyl sites for hydroxylation is 2. The van der Waals surface area contributed by atoms with Crippen LogP contribution in [0.5, 0.6) is 0 Å². The minimum atomic E-state index is 0.686. The molecule has 0 aliphatic heterocycles. The Bertz CT molecular complexity index is 362. The summed E-state index contributed by atoms with van der Waals surface area (Å²) in [5.41, 5.74) is 0.988. The number of H-pyrrole nitrogens is 1. The van der Waals surface area contributed by atoms with E-state index in [1.807, 2.05) is 26.2 Å². The van der Waals surface area contributed by atoms with Crippen molar-refractivity contribution in [1.82, 2.24) is 25.0 Å². The van der Waals surface area contributed by atoms with Crippen molar-refractivity contribution in [3.8, 4) is 0 Å². The number of hydrogen-bond acceptors (Lipinski definition) is 3. The van der Waals surface area contributed by atoms with Gasteiger partial charge in [-0.3, -0.25) is 9.78 Å². The van der Waals surface area contributed by atoms with Crippen LogP contribution in [0, 0.1) is 6.92 Å². The molecular formula is C8H11N5. The van der Waals surface area contributed by atoms with Gasteiger partial charge in [0, 0.05) is 13.2 Å². The zero-order valence-corrected chi connectivity index (χ0v) is 7.65. The molecule has 0 spiro atoms. The van der Waals surface area contributed by atoms with E-state index in [4.69, 9.17) is 0 Å². The second kappa shape index (κ2) is 3.01. The van der Waals surface area contributed by atoms with Crippen molar-refractivity contribution in [2.45, 2.75) is 13.3 Å². The standard InChI is InChI=1S/C8H11N5/c1-6-9-8(11-10-6)5-7-3-4-13(2)12-7/h3-4H,5H2,1-2H3,(H,9,10,11). The Hall–Kier alpha value is -1.65. The van der Waals surface area contributed by atoms with Gasteiger partial charge in [-0.05, 0) is 13.0 Å². The van der Waals surface area contributed by atoms with Crippen molar-refractivity contribution in [3.63, 3.8) is 0 Å². The smallest absolute Gasteiger partial charge is 0.156 e. The fourth-order valence-corrected chi connectivity index (χ4v) is 1.19. The summed E-state index contributed by atoms with van der Waals surface area (Å²) in [7, 11) is 1.90. The summed E-state index contributed by atoms with van der Waals surface area (Å²) in [6.45, 7) is 1.88. The first-order valence-electron chi connectivity index (χ1n) is 4.10. The van der Waals surface area contributed by atoms with Gasteiger partial charge in [0.25, 0.3) is 0 Å². The first-order valence-corrected chi connectivity index (χ1v) is 4.10. The summed E-state index contributed by atoms with van der Waals surface area (Å²) < 4.78 is 1.77. The highest BCUT2D eigenvalue weighted by molar-refractivity contribution is 5.06. The lowest BCUT2D eigenvalue weighted by Crippen LogP contribution is -1.94. The zero-order valence-electron chi connectivity index (χ0n) is 7.65. The molecule has 2 aromatic heterocycles. The quantitative estimate of drug-likeness (QED) is 0.724. The van der Waals surface area contributed by atoms with Gasteiger partial charge in [0.1, 0.15) is 5.82 Å².